The quantitative estimate of drug-likeness (QED) is 0.756. The zero-order valence-electron chi connectivity index (χ0n) is 15.9. The Morgan fingerprint density at radius 1 is 1.07 bits per heavy atom. The second-order valence-corrected chi connectivity index (χ2v) is 6.11. The van der Waals surface area contributed by atoms with Gasteiger partial charge >= 0.3 is 5.97 Å². The van der Waals surface area contributed by atoms with Gasteiger partial charge in [-0.15, -0.1) is 12.4 Å². The predicted molar refractivity (Wildman–Crippen MR) is 107 cm³/mol. The minimum absolute atomic E-state index is 0. The molecule has 0 saturated carbocycles. The lowest BCUT2D eigenvalue weighted by Gasteiger charge is -2.29. The van der Waals surface area contributed by atoms with Gasteiger partial charge in [0.1, 0.15) is 0 Å². The van der Waals surface area contributed by atoms with E-state index in [4.69, 9.17) is 14.2 Å². The van der Waals surface area contributed by atoms with E-state index in [2.05, 4.69) is 17.4 Å². The van der Waals surface area contributed by atoms with Crippen molar-refractivity contribution in [3.63, 3.8) is 0 Å². The third-order valence-corrected chi connectivity index (χ3v) is 4.52. The first-order valence-corrected chi connectivity index (χ1v) is 9.02. The number of rotatable bonds is 6. The topological polar surface area (TPSA) is 56.8 Å². The molecule has 0 fully saturated rings. The van der Waals surface area contributed by atoms with Crippen molar-refractivity contribution in [1.82, 2.24) is 5.32 Å². The van der Waals surface area contributed by atoms with Crippen LogP contribution in [0.5, 0.6) is 11.5 Å². The normalized spacial score (nSPS) is 15.3. The molecule has 0 spiro atoms. The van der Waals surface area contributed by atoms with Crippen molar-refractivity contribution in [3.05, 3.63) is 58.7 Å². The number of benzene rings is 2. The SMILES string of the molecule is CCOc1cc2c(cc1OCC)C(c1ccc(C(=O)OC)cc1)NCC2.Cl. The third-order valence-electron chi connectivity index (χ3n) is 4.52. The van der Waals surface area contributed by atoms with E-state index in [0.717, 1.165) is 30.0 Å². The Bertz CT molecular complexity index is 776. The fourth-order valence-electron chi connectivity index (χ4n) is 3.33. The highest BCUT2D eigenvalue weighted by Crippen LogP contribution is 2.37. The fourth-order valence-corrected chi connectivity index (χ4v) is 3.33. The summed E-state index contributed by atoms with van der Waals surface area (Å²) in [5.41, 5.74) is 4.10. The number of carbonyl (C=O) groups is 1. The van der Waals surface area contributed by atoms with Gasteiger partial charge in [0.15, 0.2) is 11.5 Å². The molecule has 1 N–H and O–H groups in total. The van der Waals surface area contributed by atoms with Gasteiger partial charge in [0.25, 0.3) is 0 Å². The first-order chi connectivity index (χ1) is 12.7. The van der Waals surface area contributed by atoms with Gasteiger partial charge in [0.2, 0.25) is 0 Å². The van der Waals surface area contributed by atoms with Crippen molar-refractivity contribution < 1.29 is 19.0 Å². The lowest BCUT2D eigenvalue weighted by atomic mass is 9.89. The number of methoxy groups -OCH3 is 1. The van der Waals surface area contributed by atoms with Gasteiger partial charge in [-0.1, -0.05) is 12.1 Å². The van der Waals surface area contributed by atoms with Crippen molar-refractivity contribution in [2.75, 3.05) is 26.9 Å². The van der Waals surface area contributed by atoms with Crippen molar-refractivity contribution in [2.45, 2.75) is 26.3 Å². The van der Waals surface area contributed by atoms with Crippen LogP contribution in [-0.4, -0.2) is 32.8 Å². The molecule has 0 bridgehead atoms. The maximum Gasteiger partial charge on any atom is 0.337 e. The molecule has 6 heteroatoms. The summed E-state index contributed by atoms with van der Waals surface area (Å²) < 4.78 is 16.3. The molecule has 1 aliphatic rings. The number of hydrogen-bond acceptors (Lipinski definition) is 5. The van der Waals surface area contributed by atoms with Crippen LogP contribution in [0.3, 0.4) is 0 Å². The number of nitrogens with one attached hydrogen (secondary N) is 1. The van der Waals surface area contributed by atoms with E-state index < -0.39 is 0 Å². The second kappa shape index (κ2) is 9.62. The van der Waals surface area contributed by atoms with E-state index in [1.165, 1.54) is 18.2 Å². The molecule has 0 radical (unpaired) electrons. The highest BCUT2D eigenvalue weighted by molar-refractivity contribution is 5.89. The summed E-state index contributed by atoms with van der Waals surface area (Å²) in [7, 11) is 1.39. The highest BCUT2D eigenvalue weighted by atomic mass is 35.5. The number of halogens is 1. The van der Waals surface area contributed by atoms with E-state index in [0.29, 0.717) is 18.8 Å². The van der Waals surface area contributed by atoms with E-state index in [1.807, 2.05) is 26.0 Å². The maximum atomic E-state index is 11.6. The average molecular weight is 392 g/mol. The van der Waals surface area contributed by atoms with Gasteiger partial charge < -0.3 is 19.5 Å². The molecule has 27 heavy (non-hydrogen) atoms. The molecule has 1 unspecified atom stereocenters. The fraction of sp³-hybridized carbons (Fsp3) is 0.381. The largest absolute Gasteiger partial charge is 0.490 e. The molecule has 3 rings (SSSR count). The summed E-state index contributed by atoms with van der Waals surface area (Å²) in [6.45, 7) is 6.02. The lowest BCUT2D eigenvalue weighted by molar-refractivity contribution is 0.0600. The van der Waals surface area contributed by atoms with Gasteiger partial charge in [-0.2, -0.15) is 0 Å². The molecule has 146 valence electrons. The minimum Gasteiger partial charge on any atom is -0.490 e. The Hall–Kier alpha value is -2.24. The van der Waals surface area contributed by atoms with Crippen LogP contribution < -0.4 is 14.8 Å². The molecule has 5 nitrogen and oxygen atoms in total. The standard InChI is InChI=1S/C21H25NO4.ClH/c1-4-25-18-12-16-10-11-22-20(17(16)13-19(18)26-5-2)14-6-8-15(9-7-14)21(23)24-3;/h6-9,12-13,20,22H,4-5,10-11H2,1-3H3;1H. The molecular formula is C21H26ClNO4. The van der Waals surface area contributed by atoms with Crippen LogP contribution in [0.2, 0.25) is 0 Å². The van der Waals surface area contributed by atoms with Gasteiger partial charge in [-0.05, 0) is 61.2 Å². The predicted octanol–water partition coefficient (Wildman–Crippen LogP) is 3.93. The Labute approximate surface area is 166 Å². The Morgan fingerprint density at radius 2 is 1.70 bits per heavy atom. The zero-order chi connectivity index (χ0) is 18.5. The van der Waals surface area contributed by atoms with Crippen LogP contribution in [0, 0.1) is 0 Å². The maximum absolute atomic E-state index is 11.6. The molecule has 1 atom stereocenters. The molecule has 0 aliphatic carbocycles. The summed E-state index contributed by atoms with van der Waals surface area (Å²) in [5.74, 6) is 1.25. The van der Waals surface area contributed by atoms with Crippen LogP contribution in [0.4, 0.5) is 0 Å². The van der Waals surface area contributed by atoms with Crippen molar-refractivity contribution in [2.24, 2.45) is 0 Å². The summed E-state index contributed by atoms with van der Waals surface area (Å²) in [4.78, 5) is 11.6. The second-order valence-electron chi connectivity index (χ2n) is 6.11. The monoisotopic (exact) mass is 391 g/mol. The molecule has 0 amide bonds. The molecule has 1 aliphatic heterocycles. The summed E-state index contributed by atoms with van der Waals surface area (Å²) in [6.07, 6.45) is 0.943. The Kier molecular flexibility index (Phi) is 7.51. The van der Waals surface area contributed by atoms with Crippen molar-refractivity contribution >= 4 is 18.4 Å². The molecule has 2 aromatic carbocycles. The Morgan fingerprint density at radius 3 is 2.30 bits per heavy atom. The summed E-state index contributed by atoms with van der Waals surface area (Å²) >= 11 is 0. The number of esters is 1. The number of hydrogen-bond donors (Lipinski definition) is 1. The number of fused-ring (bicyclic) bond motifs is 1. The van der Waals surface area contributed by atoms with E-state index in [1.54, 1.807) is 12.1 Å². The molecule has 0 aromatic heterocycles. The van der Waals surface area contributed by atoms with Crippen molar-refractivity contribution in [3.8, 4) is 11.5 Å². The van der Waals surface area contributed by atoms with E-state index in [-0.39, 0.29) is 24.4 Å². The number of carbonyl (C=O) groups excluding carboxylic acids is 1. The molecule has 0 saturated heterocycles. The summed E-state index contributed by atoms with van der Waals surface area (Å²) in [5, 5.41) is 3.56. The van der Waals surface area contributed by atoms with Gasteiger partial charge in [0, 0.05) is 6.54 Å². The van der Waals surface area contributed by atoms with Crippen LogP contribution in [0.25, 0.3) is 0 Å². The molecule has 1 heterocycles. The molecule has 2 aromatic rings. The van der Waals surface area contributed by atoms with Gasteiger partial charge in [0.05, 0.1) is 31.9 Å². The first kappa shape index (κ1) is 21.1. The zero-order valence-corrected chi connectivity index (χ0v) is 16.7. The van der Waals surface area contributed by atoms with Crippen LogP contribution in [0.15, 0.2) is 36.4 Å². The first-order valence-electron chi connectivity index (χ1n) is 9.02. The van der Waals surface area contributed by atoms with E-state index >= 15 is 0 Å². The van der Waals surface area contributed by atoms with Crippen molar-refractivity contribution in [1.29, 1.82) is 0 Å². The number of ether oxygens (including phenoxy) is 3. The van der Waals surface area contributed by atoms with Gasteiger partial charge in [-0.3, -0.25) is 0 Å². The third kappa shape index (κ3) is 4.54. The van der Waals surface area contributed by atoms with Crippen LogP contribution in [0.1, 0.15) is 46.9 Å². The Balaban J connectivity index is 0.00000261. The summed E-state index contributed by atoms with van der Waals surface area (Å²) in [6, 6.07) is 11.8. The highest BCUT2D eigenvalue weighted by Gasteiger charge is 2.24. The van der Waals surface area contributed by atoms with Crippen LogP contribution in [-0.2, 0) is 11.2 Å². The van der Waals surface area contributed by atoms with E-state index in [9.17, 15) is 4.79 Å². The smallest absolute Gasteiger partial charge is 0.337 e. The average Bonchev–Trinajstić information content (AvgIpc) is 2.68. The lowest BCUT2D eigenvalue weighted by Crippen LogP contribution is -2.30. The molecular weight excluding hydrogens is 366 g/mol. The van der Waals surface area contributed by atoms with Crippen LogP contribution >= 0.6 is 12.4 Å². The minimum atomic E-state index is -0.325. The van der Waals surface area contributed by atoms with Gasteiger partial charge in [-0.25, -0.2) is 4.79 Å².